The molecule has 0 bridgehead atoms. The number of hydrogen-bond donors (Lipinski definition) is 3. The molecule has 0 heterocycles. The lowest BCUT2D eigenvalue weighted by Crippen LogP contribution is -2.43. The first-order valence-corrected chi connectivity index (χ1v) is 7.65. The van der Waals surface area contributed by atoms with Gasteiger partial charge >= 0.3 is 0 Å². The number of aryl methyl sites for hydroxylation is 1. The van der Waals surface area contributed by atoms with Crippen LogP contribution >= 0.6 is 0 Å². The van der Waals surface area contributed by atoms with Gasteiger partial charge in [0.2, 0.25) is 5.91 Å². The van der Waals surface area contributed by atoms with Crippen LogP contribution < -0.4 is 16.0 Å². The van der Waals surface area contributed by atoms with Gasteiger partial charge in [-0.1, -0.05) is 12.1 Å². The van der Waals surface area contributed by atoms with Crippen LogP contribution in [0.15, 0.2) is 23.2 Å². The number of halogens is 1. The Morgan fingerprint density at radius 1 is 1.36 bits per heavy atom. The maximum absolute atomic E-state index is 13.5. The fourth-order valence-corrected chi connectivity index (χ4v) is 1.92. The number of carbonyl (C=O) groups excluding carboxylic acids is 1. The Labute approximate surface area is 130 Å². The highest BCUT2D eigenvalue weighted by molar-refractivity contribution is 5.86. The minimum absolute atomic E-state index is 0.0329. The van der Waals surface area contributed by atoms with Crippen molar-refractivity contribution in [3.05, 3.63) is 35.1 Å². The van der Waals surface area contributed by atoms with E-state index in [4.69, 9.17) is 0 Å². The molecule has 1 aliphatic carbocycles. The number of amides is 1. The van der Waals surface area contributed by atoms with Gasteiger partial charge in [-0.15, -0.1) is 0 Å². The molecular weight excluding hydrogens is 283 g/mol. The molecule has 0 unspecified atom stereocenters. The van der Waals surface area contributed by atoms with Crippen molar-refractivity contribution in [3.63, 3.8) is 0 Å². The van der Waals surface area contributed by atoms with Gasteiger partial charge in [-0.3, -0.25) is 4.79 Å². The molecule has 0 radical (unpaired) electrons. The van der Waals surface area contributed by atoms with Crippen molar-refractivity contribution in [1.29, 1.82) is 0 Å². The molecule has 22 heavy (non-hydrogen) atoms. The summed E-state index contributed by atoms with van der Waals surface area (Å²) in [5.74, 6) is 0.290. The summed E-state index contributed by atoms with van der Waals surface area (Å²) in [6, 6.07) is 5.43. The smallest absolute Gasteiger partial charge is 0.239 e. The number of nitrogens with zero attached hydrogens (tertiary/aromatic N) is 1. The average Bonchev–Trinajstić information content (AvgIpc) is 3.29. The van der Waals surface area contributed by atoms with Crippen molar-refractivity contribution in [2.24, 2.45) is 4.99 Å². The third-order valence-electron chi connectivity index (χ3n) is 3.36. The van der Waals surface area contributed by atoms with Gasteiger partial charge in [-0.2, -0.15) is 0 Å². The van der Waals surface area contributed by atoms with Crippen LogP contribution in [0.4, 0.5) is 4.39 Å². The maximum atomic E-state index is 13.5. The molecule has 0 aliphatic heterocycles. The average molecular weight is 306 g/mol. The van der Waals surface area contributed by atoms with E-state index < -0.39 is 0 Å². The third-order valence-corrected chi connectivity index (χ3v) is 3.36. The van der Waals surface area contributed by atoms with E-state index in [1.807, 2.05) is 13.0 Å². The van der Waals surface area contributed by atoms with Gasteiger partial charge in [-0.25, -0.2) is 9.38 Å². The first kappa shape index (κ1) is 16.3. The zero-order valence-corrected chi connectivity index (χ0v) is 13.1. The Kier molecular flexibility index (Phi) is 5.75. The highest BCUT2D eigenvalue weighted by Crippen LogP contribution is 2.18. The second-order valence-electron chi connectivity index (χ2n) is 5.47. The molecule has 1 aromatic rings. The van der Waals surface area contributed by atoms with Gasteiger partial charge in [0.25, 0.3) is 0 Å². The largest absolute Gasteiger partial charge is 0.357 e. The van der Waals surface area contributed by atoms with Crippen molar-refractivity contribution in [3.8, 4) is 0 Å². The highest BCUT2D eigenvalue weighted by Gasteiger charge is 2.22. The monoisotopic (exact) mass is 306 g/mol. The summed E-state index contributed by atoms with van der Waals surface area (Å²) >= 11 is 0. The van der Waals surface area contributed by atoms with E-state index in [0.29, 0.717) is 30.7 Å². The fourth-order valence-electron chi connectivity index (χ4n) is 1.92. The molecule has 1 aliphatic rings. The van der Waals surface area contributed by atoms with Crippen LogP contribution in [0.1, 0.15) is 30.9 Å². The van der Waals surface area contributed by atoms with E-state index in [2.05, 4.69) is 20.9 Å². The molecule has 6 heteroatoms. The molecule has 0 spiro atoms. The predicted octanol–water partition coefficient (Wildman–Crippen LogP) is 1.47. The Hall–Kier alpha value is -2.11. The van der Waals surface area contributed by atoms with Crippen LogP contribution in [-0.2, 0) is 11.3 Å². The van der Waals surface area contributed by atoms with Crippen LogP contribution in [0.3, 0.4) is 0 Å². The topological polar surface area (TPSA) is 65.5 Å². The normalized spacial score (nSPS) is 14.6. The Bertz CT molecular complexity index is 555. The Morgan fingerprint density at radius 2 is 2.14 bits per heavy atom. The van der Waals surface area contributed by atoms with E-state index in [1.54, 1.807) is 13.0 Å². The second kappa shape index (κ2) is 7.77. The van der Waals surface area contributed by atoms with E-state index in [1.165, 1.54) is 6.07 Å². The van der Waals surface area contributed by atoms with E-state index in [-0.39, 0.29) is 18.3 Å². The second-order valence-corrected chi connectivity index (χ2v) is 5.47. The van der Waals surface area contributed by atoms with Gasteiger partial charge in [0.1, 0.15) is 5.82 Å². The predicted molar refractivity (Wildman–Crippen MR) is 85.1 cm³/mol. The number of nitrogens with one attached hydrogen (secondary N) is 3. The lowest BCUT2D eigenvalue weighted by Gasteiger charge is -2.11. The van der Waals surface area contributed by atoms with Gasteiger partial charge in [-0.05, 0) is 43.9 Å². The minimum atomic E-state index is -0.227. The summed E-state index contributed by atoms with van der Waals surface area (Å²) in [7, 11) is 0. The van der Waals surface area contributed by atoms with Crippen LogP contribution in [0.25, 0.3) is 0 Å². The van der Waals surface area contributed by atoms with Gasteiger partial charge < -0.3 is 16.0 Å². The number of aliphatic imine (C=N–C) groups is 1. The number of hydrogen-bond acceptors (Lipinski definition) is 2. The van der Waals surface area contributed by atoms with Crippen molar-refractivity contribution in [2.45, 2.75) is 39.3 Å². The molecule has 0 atom stereocenters. The summed E-state index contributed by atoms with van der Waals surface area (Å²) in [5, 5.41) is 8.96. The molecule has 1 amide bonds. The molecule has 3 N–H and O–H groups in total. The molecule has 0 aromatic heterocycles. The summed E-state index contributed by atoms with van der Waals surface area (Å²) in [4.78, 5) is 16.0. The molecule has 1 aromatic carbocycles. The lowest BCUT2D eigenvalue weighted by atomic mass is 10.1. The summed E-state index contributed by atoms with van der Waals surface area (Å²) in [6.45, 7) is 4.92. The minimum Gasteiger partial charge on any atom is -0.357 e. The van der Waals surface area contributed by atoms with Gasteiger partial charge in [0, 0.05) is 12.6 Å². The molecule has 2 rings (SSSR count). The molecule has 0 saturated heterocycles. The summed E-state index contributed by atoms with van der Waals surface area (Å²) in [6.07, 6.45) is 2.14. The maximum Gasteiger partial charge on any atom is 0.239 e. The van der Waals surface area contributed by atoms with Gasteiger partial charge in [0.05, 0.1) is 13.1 Å². The van der Waals surface area contributed by atoms with Crippen molar-refractivity contribution in [1.82, 2.24) is 16.0 Å². The third kappa shape index (κ3) is 5.35. The molecule has 1 fully saturated rings. The standard InChI is InChI=1S/C16H23FN4O/c1-3-18-16(20-10-15(22)21-13-6-7-13)19-9-12-5-4-11(2)14(17)8-12/h4-5,8,13H,3,6-7,9-10H2,1-2H3,(H,21,22)(H2,18,19,20). The summed E-state index contributed by atoms with van der Waals surface area (Å²) in [5.41, 5.74) is 1.41. The number of rotatable bonds is 6. The van der Waals surface area contributed by atoms with Crippen LogP contribution in [-0.4, -0.2) is 31.0 Å². The number of guanidine groups is 1. The summed E-state index contributed by atoms with van der Waals surface area (Å²) < 4.78 is 13.5. The highest BCUT2D eigenvalue weighted by atomic mass is 19.1. The Balaban J connectivity index is 1.87. The van der Waals surface area contributed by atoms with E-state index in [0.717, 1.165) is 18.4 Å². The molecular formula is C16H23FN4O. The van der Waals surface area contributed by atoms with E-state index in [9.17, 15) is 9.18 Å². The van der Waals surface area contributed by atoms with Crippen molar-refractivity contribution >= 4 is 11.9 Å². The van der Waals surface area contributed by atoms with Crippen LogP contribution in [0.5, 0.6) is 0 Å². The number of benzene rings is 1. The first-order chi connectivity index (χ1) is 10.6. The van der Waals surface area contributed by atoms with Crippen LogP contribution in [0.2, 0.25) is 0 Å². The van der Waals surface area contributed by atoms with E-state index >= 15 is 0 Å². The molecule has 5 nitrogen and oxygen atoms in total. The zero-order valence-electron chi connectivity index (χ0n) is 13.1. The quantitative estimate of drug-likeness (QED) is 0.551. The van der Waals surface area contributed by atoms with Crippen molar-refractivity contribution < 1.29 is 9.18 Å². The molecule has 1 saturated carbocycles. The molecule has 120 valence electrons. The SMILES string of the molecule is CCNC(=NCc1ccc(C)c(F)c1)NCC(=O)NC1CC1. The Morgan fingerprint density at radius 3 is 2.77 bits per heavy atom. The van der Waals surface area contributed by atoms with Gasteiger partial charge in [0.15, 0.2) is 5.96 Å². The number of carbonyl (C=O) groups is 1. The van der Waals surface area contributed by atoms with Crippen LogP contribution in [0, 0.1) is 12.7 Å². The zero-order chi connectivity index (χ0) is 15.9. The lowest BCUT2D eigenvalue weighted by molar-refractivity contribution is -0.120. The first-order valence-electron chi connectivity index (χ1n) is 7.65. The van der Waals surface area contributed by atoms with Crippen molar-refractivity contribution in [2.75, 3.05) is 13.1 Å². The fraction of sp³-hybridized carbons (Fsp3) is 0.500.